The van der Waals surface area contributed by atoms with Gasteiger partial charge in [0.05, 0.1) is 36.5 Å². The fourth-order valence-corrected chi connectivity index (χ4v) is 3.03. The standard InChI is InChI=1S/C15H19ClN4O2/c1-18-4-6-19(7-5-18)10-13-12(8-15(21)22)17-14-3-2-11(16)9-20(13)14/h2-3,9H,4-8,10H2,1H3,(H,21,22). The number of carbonyl (C=O) groups excluding carboxylic acids is 1. The monoisotopic (exact) mass is 322 g/mol. The van der Waals surface area contributed by atoms with Crippen molar-refractivity contribution in [1.82, 2.24) is 14.3 Å². The molecule has 1 fully saturated rings. The summed E-state index contributed by atoms with van der Waals surface area (Å²) in [6.07, 6.45) is 1.62. The van der Waals surface area contributed by atoms with Gasteiger partial charge in [0.2, 0.25) is 0 Å². The van der Waals surface area contributed by atoms with Crippen molar-refractivity contribution in [2.45, 2.75) is 13.0 Å². The summed E-state index contributed by atoms with van der Waals surface area (Å²) in [5.41, 5.74) is 2.17. The minimum absolute atomic E-state index is 0.173. The van der Waals surface area contributed by atoms with Crippen LogP contribution >= 0.6 is 11.6 Å². The van der Waals surface area contributed by atoms with Gasteiger partial charge in [-0.3, -0.25) is 4.90 Å². The number of hydrogen-bond acceptors (Lipinski definition) is 4. The predicted octanol–water partition coefficient (Wildman–Crippen LogP) is -1.39. The molecule has 3 heterocycles. The maximum absolute atomic E-state index is 11.0. The number of carbonyl (C=O) groups is 1. The van der Waals surface area contributed by atoms with E-state index in [-0.39, 0.29) is 6.42 Å². The van der Waals surface area contributed by atoms with Crippen molar-refractivity contribution in [2.24, 2.45) is 0 Å². The molecule has 0 saturated carbocycles. The molecule has 1 N–H and O–H groups in total. The van der Waals surface area contributed by atoms with Crippen LogP contribution in [0, 0.1) is 0 Å². The second-order valence-electron chi connectivity index (χ2n) is 5.86. The molecule has 0 radical (unpaired) electrons. The topological polar surface area (TPSA) is 65.1 Å². The Balaban J connectivity index is 1.93. The summed E-state index contributed by atoms with van der Waals surface area (Å²) >= 11 is 6.07. The number of rotatable bonds is 4. The first-order valence-corrected chi connectivity index (χ1v) is 7.79. The van der Waals surface area contributed by atoms with Crippen LogP contribution in [0.3, 0.4) is 0 Å². The van der Waals surface area contributed by atoms with E-state index in [2.05, 4.69) is 16.9 Å². The molecule has 0 unspecified atom stereocenters. The number of quaternary nitrogens is 1. The highest BCUT2D eigenvalue weighted by Crippen LogP contribution is 2.19. The quantitative estimate of drug-likeness (QED) is 0.753. The van der Waals surface area contributed by atoms with Gasteiger partial charge in [0.1, 0.15) is 5.65 Å². The lowest BCUT2D eigenvalue weighted by Gasteiger charge is -2.30. The average Bonchev–Trinajstić information content (AvgIpc) is 2.78. The third kappa shape index (κ3) is 3.24. The Morgan fingerprint density at radius 2 is 2.14 bits per heavy atom. The number of fused-ring (bicyclic) bond motifs is 1. The van der Waals surface area contributed by atoms with Crippen molar-refractivity contribution in [3.63, 3.8) is 0 Å². The normalized spacial score (nSPS) is 17.2. The zero-order chi connectivity index (χ0) is 15.7. The SMILES string of the molecule is C[NH+]1CCN(Cc2c(CC(=O)[O-])nc3ccc(Cl)cn23)CC1. The molecular weight excluding hydrogens is 304 g/mol. The first kappa shape index (κ1) is 15.3. The molecule has 0 aromatic carbocycles. The van der Waals surface area contributed by atoms with E-state index in [9.17, 15) is 9.90 Å². The predicted molar refractivity (Wildman–Crippen MR) is 80.8 cm³/mol. The number of aliphatic carboxylic acids is 1. The lowest BCUT2D eigenvalue weighted by Crippen LogP contribution is -3.11. The third-order valence-corrected chi connectivity index (χ3v) is 4.38. The Hall–Kier alpha value is -1.63. The summed E-state index contributed by atoms with van der Waals surface area (Å²) in [5, 5.41) is 11.6. The van der Waals surface area contributed by atoms with E-state index in [1.54, 1.807) is 18.3 Å². The van der Waals surface area contributed by atoms with Crippen molar-refractivity contribution in [3.05, 3.63) is 34.7 Å². The zero-order valence-electron chi connectivity index (χ0n) is 12.5. The van der Waals surface area contributed by atoms with E-state index in [1.807, 2.05) is 4.40 Å². The lowest BCUT2D eigenvalue weighted by molar-refractivity contribution is -0.884. The number of nitrogens with zero attached hydrogens (tertiary/aromatic N) is 3. The number of carboxylic acids is 1. The fraction of sp³-hybridized carbons (Fsp3) is 0.467. The summed E-state index contributed by atoms with van der Waals surface area (Å²) in [4.78, 5) is 19.3. The summed E-state index contributed by atoms with van der Waals surface area (Å²) in [5.74, 6) is -1.11. The van der Waals surface area contributed by atoms with E-state index in [0.717, 1.165) is 37.5 Å². The minimum atomic E-state index is -1.11. The van der Waals surface area contributed by atoms with Crippen LogP contribution in [0.1, 0.15) is 11.4 Å². The van der Waals surface area contributed by atoms with Crippen LogP contribution in [-0.4, -0.2) is 53.5 Å². The molecule has 2 aromatic rings. The highest BCUT2D eigenvalue weighted by Gasteiger charge is 2.20. The van der Waals surface area contributed by atoms with Crippen molar-refractivity contribution >= 4 is 23.2 Å². The van der Waals surface area contributed by atoms with E-state index in [4.69, 9.17) is 11.6 Å². The van der Waals surface area contributed by atoms with Crippen molar-refractivity contribution in [1.29, 1.82) is 0 Å². The Bertz CT molecular complexity index is 692. The Morgan fingerprint density at radius 1 is 1.41 bits per heavy atom. The summed E-state index contributed by atoms with van der Waals surface area (Å²) in [6, 6.07) is 3.56. The Morgan fingerprint density at radius 3 is 2.82 bits per heavy atom. The first-order valence-electron chi connectivity index (χ1n) is 7.42. The molecule has 7 heteroatoms. The highest BCUT2D eigenvalue weighted by atomic mass is 35.5. The molecule has 6 nitrogen and oxygen atoms in total. The van der Waals surface area contributed by atoms with Gasteiger partial charge in [-0.15, -0.1) is 0 Å². The van der Waals surface area contributed by atoms with Crippen molar-refractivity contribution in [3.8, 4) is 0 Å². The van der Waals surface area contributed by atoms with E-state index in [1.165, 1.54) is 4.90 Å². The van der Waals surface area contributed by atoms with Crippen LogP contribution < -0.4 is 10.0 Å². The Labute approximate surface area is 133 Å². The third-order valence-electron chi connectivity index (χ3n) is 4.16. The number of halogens is 1. The van der Waals surface area contributed by atoms with Gasteiger partial charge in [-0.25, -0.2) is 4.98 Å². The van der Waals surface area contributed by atoms with Gasteiger partial charge in [-0.05, 0) is 12.1 Å². The first-order chi connectivity index (χ1) is 10.5. The lowest BCUT2D eigenvalue weighted by atomic mass is 10.2. The number of hydrogen-bond donors (Lipinski definition) is 1. The van der Waals surface area contributed by atoms with Gasteiger partial charge in [0.15, 0.2) is 0 Å². The molecule has 0 amide bonds. The highest BCUT2D eigenvalue weighted by molar-refractivity contribution is 6.30. The van der Waals surface area contributed by atoms with Crippen molar-refractivity contribution in [2.75, 3.05) is 33.2 Å². The fourth-order valence-electron chi connectivity index (χ4n) is 2.87. The molecule has 118 valence electrons. The van der Waals surface area contributed by atoms with E-state index >= 15 is 0 Å². The van der Waals surface area contributed by atoms with Crippen LogP contribution in [-0.2, 0) is 17.8 Å². The van der Waals surface area contributed by atoms with Crippen molar-refractivity contribution < 1.29 is 14.8 Å². The zero-order valence-corrected chi connectivity index (χ0v) is 13.3. The Kier molecular flexibility index (Phi) is 4.33. The molecule has 2 aromatic heterocycles. The number of pyridine rings is 1. The largest absolute Gasteiger partial charge is 0.550 e. The minimum Gasteiger partial charge on any atom is -0.550 e. The average molecular weight is 323 g/mol. The van der Waals surface area contributed by atoms with Crippen LogP contribution in [0.5, 0.6) is 0 Å². The molecule has 1 aliphatic rings. The van der Waals surface area contributed by atoms with Gasteiger partial charge in [-0.2, -0.15) is 0 Å². The number of piperazine rings is 1. The van der Waals surface area contributed by atoms with Gasteiger partial charge in [-0.1, -0.05) is 11.6 Å². The summed E-state index contributed by atoms with van der Waals surface area (Å²) < 4.78 is 1.89. The molecule has 1 saturated heterocycles. The van der Waals surface area contributed by atoms with E-state index < -0.39 is 5.97 Å². The number of imidazole rings is 1. The molecule has 0 bridgehead atoms. The van der Waals surface area contributed by atoms with Gasteiger partial charge in [0, 0.05) is 38.2 Å². The van der Waals surface area contributed by atoms with E-state index in [0.29, 0.717) is 17.3 Å². The second kappa shape index (κ2) is 6.24. The van der Waals surface area contributed by atoms with Crippen LogP contribution in [0.2, 0.25) is 5.02 Å². The van der Waals surface area contributed by atoms with Gasteiger partial charge in [0.25, 0.3) is 0 Å². The molecule has 1 aliphatic heterocycles. The molecule has 0 atom stereocenters. The number of carboxylic acid groups (broad SMARTS) is 1. The molecule has 0 spiro atoms. The van der Waals surface area contributed by atoms with Crippen LogP contribution in [0.15, 0.2) is 18.3 Å². The number of nitrogens with one attached hydrogen (secondary N) is 1. The summed E-state index contributed by atoms with van der Waals surface area (Å²) in [6.45, 7) is 4.84. The maximum atomic E-state index is 11.0. The molecular formula is C15H19ClN4O2. The van der Waals surface area contributed by atoms with Crippen LogP contribution in [0.25, 0.3) is 5.65 Å². The second-order valence-corrected chi connectivity index (χ2v) is 6.30. The maximum Gasteiger partial charge on any atom is 0.137 e. The van der Waals surface area contributed by atoms with Crippen LogP contribution in [0.4, 0.5) is 0 Å². The smallest absolute Gasteiger partial charge is 0.137 e. The molecule has 0 aliphatic carbocycles. The molecule has 3 rings (SSSR count). The van der Waals surface area contributed by atoms with Gasteiger partial charge >= 0.3 is 0 Å². The summed E-state index contributed by atoms with van der Waals surface area (Å²) in [7, 11) is 2.19. The number of aromatic nitrogens is 2. The van der Waals surface area contributed by atoms with Gasteiger partial charge < -0.3 is 19.2 Å². The molecule has 22 heavy (non-hydrogen) atoms. The number of likely N-dealkylation sites (N-methyl/N-ethyl adjacent to an activating group) is 1.